The summed E-state index contributed by atoms with van der Waals surface area (Å²) >= 11 is 1.94. The molecule has 2 rings (SSSR count). The van der Waals surface area contributed by atoms with Crippen LogP contribution in [-0.2, 0) is 39.3 Å². The van der Waals surface area contributed by atoms with Crippen molar-refractivity contribution < 1.29 is 41.8 Å². The molecule has 2 aromatic rings. The fraction of sp³-hybridized carbons (Fsp3) is 0.188. The molecule has 0 aliphatic carbocycles. The van der Waals surface area contributed by atoms with Crippen LogP contribution in [0.4, 0.5) is 4.39 Å². The Hall–Kier alpha value is -0.706. The van der Waals surface area contributed by atoms with Crippen LogP contribution in [0.5, 0.6) is 5.75 Å². The minimum absolute atomic E-state index is 0. The third kappa shape index (κ3) is 4.18. The summed E-state index contributed by atoms with van der Waals surface area (Å²) in [6.07, 6.45) is 5.09. The maximum atomic E-state index is 14.2. The Morgan fingerprint density at radius 1 is 1.50 bits per heavy atom. The van der Waals surface area contributed by atoms with E-state index in [0.717, 1.165) is 0 Å². The molecule has 22 heavy (non-hydrogen) atoms. The van der Waals surface area contributed by atoms with E-state index in [0.29, 0.717) is 27.1 Å². The van der Waals surface area contributed by atoms with Gasteiger partial charge in [0.15, 0.2) is 0 Å². The second-order valence-corrected chi connectivity index (χ2v) is 5.33. The van der Waals surface area contributed by atoms with Gasteiger partial charge in [0.05, 0.1) is 5.82 Å². The Balaban J connectivity index is 0.00000242. The van der Waals surface area contributed by atoms with Crippen LogP contribution in [0, 0.1) is 27.8 Å². The average molecular weight is 485 g/mol. The topological polar surface area (TPSA) is 31.2 Å². The van der Waals surface area contributed by atoms with Gasteiger partial charge in [-0.25, -0.2) is 4.39 Å². The Bertz CT molecular complexity index is 768. The van der Waals surface area contributed by atoms with Gasteiger partial charge in [0, 0.05) is 45.3 Å². The number of terminal acetylenes is 1. The maximum absolute atomic E-state index is 14.2. The standard InChI is InChI=1S/C16H12FINO2.Y/c1-3-9-21-11-5-6-12(13(17)10-11)15-8-7-14(18)16(20)19(15)4-2;/h1,5-7,10H,4,9H2,2H3;/q-1;. The zero-order chi connectivity index (χ0) is 15.4. The van der Waals surface area contributed by atoms with Crippen molar-refractivity contribution in [2.75, 3.05) is 6.61 Å². The van der Waals surface area contributed by atoms with E-state index in [-0.39, 0.29) is 44.9 Å². The van der Waals surface area contributed by atoms with Gasteiger partial charge >= 0.3 is 0 Å². The fourth-order valence-electron chi connectivity index (χ4n) is 1.93. The third-order valence-electron chi connectivity index (χ3n) is 2.89. The number of aromatic nitrogens is 1. The molecular weight excluding hydrogens is 473 g/mol. The Kier molecular flexibility index (Phi) is 7.74. The van der Waals surface area contributed by atoms with Gasteiger partial charge in [0.25, 0.3) is 0 Å². The maximum Gasteiger partial charge on any atom is 0.207 e. The first-order valence-corrected chi connectivity index (χ1v) is 7.33. The van der Waals surface area contributed by atoms with Gasteiger partial charge < -0.3 is 9.30 Å². The number of benzene rings is 1. The van der Waals surface area contributed by atoms with Crippen LogP contribution >= 0.6 is 22.6 Å². The van der Waals surface area contributed by atoms with E-state index < -0.39 is 5.82 Å². The van der Waals surface area contributed by atoms with Gasteiger partial charge in [0.2, 0.25) is 5.56 Å². The summed E-state index contributed by atoms with van der Waals surface area (Å²) in [6, 6.07) is 8.95. The molecule has 111 valence electrons. The molecule has 0 aliphatic rings. The third-order valence-corrected chi connectivity index (χ3v) is 3.66. The van der Waals surface area contributed by atoms with Crippen molar-refractivity contribution in [3.8, 4) is 29.4 Å². The minimum Gasteiger partial charge on any atom is -0.481 e. The Morgan fingerprint density at radius 3 is 2.82 bits per heavy atom. The van der Waals surface area contributed by atoms with Crippen molar-refractivity contribution >= 4 is 22.6 Å². The van der Waals surface area contributed by atoms with Crippen molar-refractivity contribution in [3.63, 3.8) is 0 Å². The number of nitrogens with zero attached hydrogens (tertiary/aromatic N) is 1. The molecule has 0 atom stereocenters. The molecule has 1 aromatic carbocycles. The molecule has 0 amide bonds. The molecule has 1 aromatic heterocycles. The number of hydrogen-bond donors (Lipinski definition) is 0. The Morgan fingerprint density at radius 2 is 2.23 bits per heavy atom. The van der Waals surface area contributed by atoms with Gasteiger partial charge in [-0.05, 0) is 16.6 Å². The molecule has 0 aliphatic heterocycles. The van der Waals surface area contributed by atoms with Crippen LogP contribution in [0.1, 0.15) is 6.92 Å². The van der Waals surface area contributed by atoms with Crippen molar-refractivity contribution in [2.45, 2.75) is 13.5 Å². The van der Waals surface area contributed by atoms with Crippen LogP contribution in [0.15, 0.2) is 29.1 Å². The van der Waals surface area contributed by atoms with Crippen LogP contribution in [0.2, 0.25) is 0 Å². The molecule has 0 fully saturated rings. The van der Waals surface area contributed by atoms with E-state index in [4.69, 9.17) is 11.2 Å². The van der Waals surface area contributed by atoms with Gasteiger partial charge in [-0.1, -0.05) is 17.2 Å². The summed E-state index contributed by atoms with van der Waals surface area (Å²) in [5, 5.41) is 0. The van der Waals surface area contributed by atoms with Crippen LogP contribution in [0.25, 0.3) is 11.3 Å². The van der Waals surface area contributed by atoms with Crippen molar-refractivity contribution in [1.29, 1.82) is 0 Å². The van der Waals surface area contributed by atoms with Gasteiger partial charge in [0.1, 0.15) is 12.4 Å². The molecule has 0 N–H and O–H groups in total. The predicted molar refractivity (Wildman–Crippen MR) is 87.7 cm³/mol. The minimum atomic E-state index is -0.483. The largest absolute Gasteiger partial charge is 0.481 e. The van der Waals surface area contributed by atoms with Gasteiger partial charge in [-0.2, -0.15) is 12.1 Å². The van der Waals surface area contributed by atoms with E-state index in [9.17, 15) is 9.18 Å². The monoisotopic (exact) mass is 485 g/mol. The van der Waals surface area contributed by atoms with Gasteiger partial charge in [-0.3, -0.25) is 4.79 Å². The number of hydrogen-bond acceptors (Lipinski definition) is 2. The molecule has 0 saturated carbocycles. The summed E-state index contributed by atoms with van der Waals surface area (Å²) in [7, 11) is 0. The van der Waals surface area contributed by atoms with Crippen molar-refractivity contribution in [2.24, 2.45) is 0 Å². The number of halogens is 2. The van der Waals surface area contributed by atoms with E-state index in [1.807, 2.05) is 29.5 Å². The number of ether oxygens (including phenoxy) is 1. The molecule has 0 unspecified atom stereocenters. The van der Waals surface area contributed by atoms with E-state index in [1.165, 1.54) is 10.6 Å². The van der Waals surface area contributed by atoms with Crippen LogP contribution in [0.3, 0.4) is 0 Å². The zero-order valence-corrected chi connectivity index (χ0v) is 16.9. The first kappa shape index (κ1) is 19.3. The molecule has 0 bridgehead atoms. The summed E-state index contributed by atoms with van der Waals surface area (Å²) in [6.45, 7) is 2.35. The summed E-state index contributed by atoms with van der Waals surface area (Å²) in [5.41, 5.74) is 0.571. The van der Waals surface area contributed by atoms with Crippen molar-refractivity contribution in [3.05, 3.63) is 50.1 Å². The molecule has 0 spiro atoms. The summed E-state index contributed by atoms with van der Waals surface area (Å²) in [5.74, 6) is 2.19. The first-order chi connectivity index (χ1) is 10.1. The van der Waals surface area contributed by atoms with Crippen LogP contribution in [-0.4, -0.2) is 11.2 Å². The Labute approximate surface area is 167 Å². The van der Waals surface area contributed by atoms with Gasteiger partial charge in [-0.15, -0.1) is 35.1 Å². The number of pyridine rings is 1. The molecule has 1 radical (unpaired) electrons. The predicted octanol–water partition coefficient (Wildman–Crippen LogP) is 3.09. The fourth-order valence-corrected chi connectivity index (χ4v) is 2.38. The normalized spacial score (nSPS) is 9.73. The van der Waals surface area contributed by atoms with Crippen LogP contribution < -0.4 is 10.3 Å². The van der Waals surface area contributed by atoms with E-state index in [1.54, 1.807) is 18.2 Å². The van der Waals surface area contributed by atoms with Crippen molar-refractivity contribution in [1.82, 2.24) is 4.57 Å². The average Bonchev–Trinajstić information content (AvgIpc) is 2.48. The molecule has 0 saturated heterocycles. The SMILES string of the molecule is C#CCOc1ccc(-c2[c-]cc(I)c(=O)n2CC)c(F)c1.[Y]. The first-order valence-electron chi connectivity index (χ1n) is 6.25. The molecule has 6 heteroatoms. The summed E-state index contributed by atoms with van der Waals surface area (Å²) in [4.78, 5) is 12.1. The second-order valence-electron chi connectivity index (χ2n) is 4.17. The molecular formula is C16H12FINO2Y-. The molecule has 1 heterocycles. The van der Waals surface area contributed by atoms with E-state index in [2.05, 4.69) is 12.0 Å². The van der Waals surface area contributed by atoms with E-state index >= 15 is 0 Å². The number of rotatable bonds is 4. The zero-order valence-electron chi connectivity index (χ0n) is 11.9. The second kappa shape index (κ2) is 8.80. The summed E-state index contributed by atoms with van der Waals surface area (Å²) < 4.78 is 21.4. The quantitative estimate of drug-likeness (QED) is 0.379. The molecule has 3 nitrogen and oxygen atoms in total. The smallest absolute Gasteiger partial charge is 0.207 e.